The van der Waals surface area contributed by atoms with Crippen LogP contribution in [0.4, 0.5) is 11.6 Å². The molecule has 1 atom stereocenters. The molecule has 1 fully saturated rings. The number of hydrogen-bond acceptors (Lipinski definition) is 6. The van der Waals surface area contributed by atoms with Crippen molar-refractivity contribution in [2.75, 3.05) is 34.8 Å². The van der Waals surface area contributed by atoms with Gasteiger partial charge in [-0.15, -0.1) is 0 Å². The van der Waals surface area contributed by atoms with E-state index in [4.69, 9.17) is 0 Å². The molecule has 1 aliphatic heterocycles. The number of para-hydroxylation sites is 1. The zero-order valence-electron chi connectivity index (χ0n) is 15.9. The molecule has 28 heavy (non-hydrogen) atoms. The molecule has 0 amide bonds. The average Bonchev–Trinajstić information content (AvgIpc) is 3.26. The van der Waals surface area contributed by atoms with Crippen LogP contribution in [0.3, 0.4) is 0 Å². The SMILES string of the molecule is CCN(c1cc(NCCc2c[nH]c3ccccc23)ncn1)C1CCS(=O)(=O)C1. The molecule has 0 radical (unpaired) electrons. The van der Waals surface area contributed by atoms with Crippen LogP contribution in [0.2, 0.25) is 0 Å². The van der Waals surface area contributed by atoms with Crippen molar-refractivity contribution in [2.24, 2.45) is 0 Å². The largest absolute Gasteiger partial charge is 0.370 e. The van der Waals surface area contributed by atoms with Gasteiger partial charge in [0.1, 0.15) is 18.0 Å². The Balaban J connectivity index is 1.42. The smallest absolute Gasteiger partial charge is 0.152 e. The van der Waals surface area contributed by atoms with Crippen molar-refractivity contribution in [3.05, 3.63) is 48.4 Å². The summed E-state index contributed by atoms with van der Waals surface area (Å²) in [4.78, 5) is 14.1. The first-order valence-corrected chi connectivity index (χ1v) is 11.5. The van der Waals surface area contributed by atoms with Gasteiger partial charge >= 0.3 is 0 Å². The van der Waals surface area contributed by atoms with Crippen LogP contribution in [0, 0.1) is 0 Å². The second-order valence-electron chi connectivity index (χ2n) is 7.14. The van der Waals surface area contributed by atoms with Gasteiger partial charge in [-0.25, -0.2) is 18.4 Å². The molecule has 0 saturated carbocycles. The van der Waals surface area contributed by atoms with Crippen LogP contribution >= 0.6 is 0 Å². The molecule has 3 heterocycles. The van der Waals surface area contributed by atoms with Crippen molar-refractivity contribution in [3.63, 3.8) is 0 Å². The highest BCUT2D eigenvalue weighted by molar-refractivity contribution is 7.91. The van der Waals surface area contributed by atoms with Gasteiger partial charge in [-0.2, -0.15) is 0 Å². The second kappa shape index (κ2) is 7.79. The van der Waals surface area contributed by atoms with E-state index in [0.29, 0.717) is 13.0 Å². The molecular formula is C20H25N5O2S. The summed E-state index contributed by atoms with van der Waals surface area (Å²) in [5.74, 6) is 1.99. The fourth-order valence-corrected chi connectivity index (χ4v) is 5.62. The highest BCUT2D eigenvalue weighted by Gasteiger charge is 2.32. The van der Waals surface area contributed by atoms with E-state index < -0.39 is 9.84 Å². The fraction of sp³-hybridized carbons (Fsp3) is 0.400. The zero-order valence-corrected chi connectivity index (χ0v) is 16.7. The summed E-state index contributed by atoms with van der Waals surface area (Å²) in [6.45, 7) is 3.49. The lowest BCUT2D eigenvalue weighted by Crippen LogP contribution is -2.36. The Morgan fingerprint density at radius 2 is 2.14 bits per heavy atom. The Morgan fingerprint density at radius 1 is 1.29 bits per heavy atom. The molecule has 4 rings (SSSR count). The maximum absolute atomic E-state index is 11.8. The van der Waals surface area contributed by atoms with Gasteiger partial charge in [0, 0.05) is 42.3 Å². The first-order valence-electron chi connectivity index (χ1n) is 9.64. The molecule has 7 nitrogen and oxygen atoms in total. The summed E-state index contributed by atoms with van der Waals surface area (Å²) in [7, 11) is -2.93. The van der Waals surface area contributed by atoms with Crippen LogP contribution in [-0.2, 0) is 16.3 Å². The number of benzene rings is 1. The number of nitrogens with one attached hydrogen (secondary N) is 2. The highest BCUT2D eigenvalue weighted by Crippen LogP contribution is 2.24. The standard InChI is InChI=1S/C20H25N5O2S/c1-2-25(16-8-10-28(26,27)13-16)20-11-19(23-14-24-20)21-9-7-15-12-22-18-6-4-3-5-17(15)18/h3-6,11-12,14,16,22H,2,7-10,13H2,1H3,(H,21,23,24). The third-order valence-corrected chi connectivity index (χ3v) is 7.06. The lowest BCUT2D eigenvalue weighted by Gasteiger charge is -2.28. The number of rotatable bonds is 7. The topological polar surface area (TPSA) is 91.0 Å². The molecule has 3 aromatic rings. The quantitative estimate of drug-likeness (QED) is 0.635. The molecule has 0 aliphatic carbocycles. The van der Waals surface area contributed by atoms with Crippen molar-refractivity contribution in [2.45, 2.75) is 25.8 Å². The minimum Gasteiger partial charge on any atom is -0.370 e. The maximum Gasteiger partial charge on any atom is 0.152 e. The summed E-state index contributed by atoms with van der Waals surface area (Å²) in [5.41, 5.74) is 2.41. The van der Waals surface area contributed by atoms with Gasteiger partial charge in [-0.3, -0.25) is 0 Å². The van der Waals surface area contributed by atoms with Crippen molar-refractivity contribution < 1.29 is 8.42 Å². The normalized spacial score (nSPS) is 18.4. The van der Waals surface area contributed by atoms with Gasteiger partial charge in [-0.1, -0.05) is 18.2 Å². The van der Waals surface area contributed by atoms with Gasteiger partial charge in [0.15, 0.2) is 9.84 Å². The Labute approximate surface area is 165 Å². The van der Waals surface area contributed by atoms with Gasteiger partial charge in [-0.05, 0) is 31.4 Å². The molecular weight excluding hydrogens is 374 g/mol. The van der Waals surface area contributed by atoms with E-state index in [0.717, 1.165) is 30.1 Å². The number of aromatic nitrogens is 3. The molecule has 0 spiro atoms. The number of fused-ring (bicyclic) bond motifs is 1. The monoisotopic (exact) mass is 399 g/mol. The molecule has 148 valence electrons. The van der Waals surface area contributed by atoms with Crippen LogP contribution in [0.5, 0.6) is 0 Å². The molecule has 1 saturated heterocycles. The lowest BCUT2D eigenvalue weighted by molar-refractivity contribution is 0.599. The summed E-state index contributed by atoms with van der Waals surface area (Å²) < 4.78 is 23.7. The molecule has 1 aliphatic rings. The molecule has 2 N–H and O–H groups in total. The summed E-state index contributed by atoms with van der Waals surface area (Å²) in [6, 6.07) is 10.2. The first kappa shape index (κ1) is 18.7. The Kier molecular flexibility index (Phi) is 5.21. The molecule has 1 aromatic carbocycles. The van der Waals surface area contributed by atoms with Gasteiger partial charge in [0.2, 0.25) is 0 Å². The van der Waals surface area contributed by atoms with Crippen molar-refractivity contribution in [3.8, 4) is 0 Å². The molecule has 2 aromatic heterocycles. The lowest BCUT2D eigenvalue weighted by atomic mass is 10.1. The van der Waals surface area contributed by atoms with Gasteiger partial charge in [0.25, 0.3) is 0 Å². The van der Waals surface area contributed by atoms with Crippen molar-refractivity contribution >= 4 is 32.4 Å². The Morgan fingerprint density at radius 3 is 2.93 bits per heavy atom. The third-order valence-electron chi connectivity index (χ3n) is 5.31. The highest BCUT2D eigenvalue weighted by atomic mass is 32.2. The molecule has 8 heteroatoms. The van der Waals surface area contributed by atoms with E-state index in [2.05, 4.69) is 43.5 Å². The number of aromatic amines is 1. The van der Waals surface area contributed by atoms with Gasteiger partial charge < -0.3 is 15.2 Å². The zero-order chi connectivity index (χ0) is 19.6. The summed E-state index contributed by atoms with van der Waals surface area (Å²) >= 11 is 0. The number of sulfone groups is 1. The molecule has 1 unspecified atom stereocenters. The van der Waals surface area contributed by atoms with Crippen molar-refractivity contribution in [1.82, 2.24) is 15.0 Å². The number of hydrogen-bond donors (Lipinski definition) is 2. The summed E-state index contributed by atoms with van der Waals surface area (Å²) in [5, 5.41) is 4.61. The fourth-order valence-electron chi connectivity index (χ4n) is 3.89. The minimum absolute atomic E-state index is 0.0102. The minimum atomic E-state index is -2.93. The predicted octanol–water partition coefficient (Wildman–Crippen LogP) is 2.63. The maximum atomic E-state index is 11.8. The first-order chi connectivity index (χ1) is 13.6. The van der Waals surface area contributed by atoms with E-state index in [1.165, 1.54) is 17.3 Å². The number of H-pyrrole nitrogens is 1. The third kappa shape index (κ3) is 3.96. The predicted molar refractivity (Wildman–Crippen MR) is 113 cm³/mol. The van der Waals surface area contributed by atoms with Gasteiger partial charge in [0.05, 0.1) is 11.5 Å². The van der Waals surface area contributed by atoms with Crippen LogP contribution in [0.15, 0.2) is 42.9 Å². The Hall–Kier alpha value is -2.61. The van der Waals surface area contributed by atoms with Crippen molar-refractivity contribution in [1.29, 1.82) is 0 Å². The van der Waals surface area contributed by atoms with Crippen LogP contribution in [-0.4, -0.2) is 54.0 Å². The van der Waals surface area contributed by atoms with Crippen LogP contribution in [0.1, 0.15) is 18.9 Å². The van der Waals surface area contributed by atoms with E-state index in [-0.39, 0.29) is 17.5 Å². The van der Waals surface area contributed by atoms with E-state index in [9.17, 15) is 8.42 Å². The second-order valence-corrected chi connectivity index (χ2v) is 9.37. The Bertz CT molecular complexity index is 1060. The average molecular weight is 400 g/mol. The van der Waals surface area contributed by atoms with Crippen LogP contribution < -0.4 is 10.2 Å². The number of anilines is 2. The van der Waals surface area contributed by atoms with E-state index in [1.54, 1.807) is 0 Å². The number of nitrogens with zero attached hydrogens (tertiary/aromatic N) is 3. The van der Waals surface area contributed by atoms with E-state index >= 15 is 0 Å². The molecule has 0 bridgehead atoms. The summed E-state index contributed by atoms with van der Waals surface area (Å²) in [6.07, 6.45) is 5.12. The van der Waals surface area contributed by atoms with Crippen LogP contribution in [0.25, 0.3) is 10.9 Å². The van der Waals surface area contributed by atoms with E-state index in [1.807, 2.05) is 25.1 Å².